The Hall–Kier alpha value is -0.430. The van der Waals surface area contributed by atoms with Gasteiger partial charge in [-0.05, 0) is 40.3 Å². The second kappa shape index (κ2) is 5.95. The average Bonchev–Trinajstić information content (AvgIpc) is 2.65. The summed E-state index contributed by atoms with van der Waals surface area (Å²) in [5.41, 5.74) is 1.03. The smallest absolute Gasteiger partial charge is 0.107 e. The van der Waals surface area contributed by atoms with E-state index in [1.54, 1.807) is 0 Å². The minimum Gasteiger partial charge on any atom is -0.394 e. The summed E-state index contributed by atoms with van der Waals surface area (Å²) in [5, 5.41) is 18.7. The van der Waals surface area contributed by atoms with E-state index >= 15 is 0 Å². The maximum atomic E-state index is 9.70. The molecule has 1 aliphatic heterocycles. The van der Waals surface area contributed by atoms with Gasteiger partial charge in [0.15, 0.2) is 0 Å². The summed E-state index contributed by atoms with van der Waals surface area (Å²) in [4.78, 5) is 0. The van der Waals surface area contributed by atoms with Gasteiger partial charge in [-0.3, -0.25) is 0 Å². The van der Waals surface area contributed by atoms with E-state index in [9.17, 15) is 5.11 Å². The Morgan fingerprint density at radius 1 is 1.29 bits per heavy atom. The maximum Gasteiger partial charge on any atom is 0.107 e. The van der Waals surface area contributed by atoms with Crippen molar-refractivity contribution in [3.63, 3.8) is 0 Å². The van der Waals surface area contributed by atoms with E-state index in [4.69, 9.17) is 9.84 Å². The molecule has 0 aromatic carbocycles. The van der Waals surface area contributed by atoms with E-state index in [0.29, 0.717) is 6.42 Å². The molecule has 0 aromatic heterocycles. The summed E-state index contributed by atoms with van der Waals surface area (Å²) in [7, 11) is 0. The van der Waals surface area contributed by atoms with E-state index < -0.39 is 12.2 Å². The van der Waals surface area contributed by atoms with Crippen LogP contribution in [0.25, 0.3) is 0 Å². The van der Waals surface area contributed by atoms with Gasteiger partial charge in [0.1, 0.15) is 6.10 Å². The molecule has 0 saturated carbocycles. The molecule has 1 fully saturated rings. The summed E-state index contributed by atoms with van der Waals surface area (Å²) < 4.78 is 6.76. The lowest BCUT2D eigenvalue weighted by atomic mass is 10.0. The van der Waals surface area contributed by atoms with Crippen molar-refractivity contribution in [2.45, 2.75) is 24.7 Å². The Morgan fingerprint density at radius 3 is 2.76 bits per heavy atom. The van der Waals surface area contributed by atoms with Gasteiger partial charge < -0.3 is 14.9 Å². The number of aliphatic hydroxyl groups excluding tert-OH is 2. The molecule has 1 aliphatic carbocycles. The van der Waals surface area contributed by atoms with Crippen LogP contribution in [-0.4, -0.2) is 35.1 Å². The third kappa shape index (κ3) is 3.28. The normalized spacial score (nSPS) is 33.0. The second-order valence-corrected chi connectivity index (χ2v) is 5.33. The van der Waals surface area contributed by atoms with Crippen LogP contribution in [0.2, 0.25) is 0 Å². The zero-order chi connectivity index (χ0) is 12.3. The molecule has 0 bridgehead atoms. The molecular formula is C13H15IO3. The van der Waals surface area contributed by atoms with Crippen molar-refractivity contribution in [1.82, 2.24) is 0 Å². The van der Waals surface area contributed by atoms with Crippen LogP contribution in [0.1, 0.15) is 6.42 Å². The van der Waals surface area contributed by atoms with Gasteiger partial charge in [0.25, 0.3) is 0 Å². The Balaban J connectivity index is 2.13. The van der Waals surface area contributed by atoms with Crippen LogP contribution in [0.3, 0.4) is 0 Å². The fraction of sp³-hybridized carbons (Fsp3) is 0.385. The van der Waals surface area contributed by atoms with Crippen LogP contribution < -0.4 is 0 Å². The topological polar surface area (TPSA) is 49.7 Å². The molecule has 1 heterocycles. The molecule has 2 aliphatic rings. The molecule has 1 saturated heterocycles. The zero-order valence-corrected chi connectivity index (χ0v) is 11.4. The molecule has 3 unspecified atom stereocenters. The van der Waals surface area contributed by atoms with Crippen molar-refractivity contribution in [2.75, 3.05) is 6.61 Å². The van der Waals surface area contributed by atoms with Crippen molar-refractivity contribution >= 4 is 22.6 Å². The molecule has 92 valence electrons. The predicted octanol–water partition coefficient (Wildman–Crippen LogP) is 1.87. The lowest BCUT2D eigenvalue weighted by molar-refractivity contribution is -0.0123. The minimum absolute atomic E-state index is 0.134. The number of ether oxygens (including phenoxy) is 1. The molecule has 3 atom stereocenters. The number of rotatable bonds is 2. The van der Waals surface area contributed by atoms with Gasteiger partial charge >= 0.3 is 0 Å². The zero-order valence-electron chi connectivity index (χ0n) is 9.29. The highest BCUT2D eigenvalue weighted by Gasteiger charge is 2.34. The lowest BCUT2D eigenvalue weighted by Crippen LogP contribution is -2.24. The van der Waals surface area contributed by atoms with E-state index in [1.165, 1.54) is 0 Å². The summed E-state index contributed by atoms with van der Waals surface area (Å²) >= 11 is 2.25. The second-order valence-electron chi connectivity index (χ2n) is 4.09. The van der Waals surface area contributed by atoms with Crippen LogP contribution in [0, 0.1) is 0 Å². The highest BCUT2D eigenvalue weighted by molar-refractivity contribution is 14.1. The first-order valence-electron chi connectivity index (χ1n) is 5.57. The van der Waals surface area contributed by atoms with Crippen molar-refractivity contribution < 1.29 is 14.9 Å². The van der Waals surface area contributed by atoms with E-state index in [0.717, 1.165) is 9.15 Å². The Morgan fingerprint density at radius 2 is 2.06 bits per heavy atom. The highest BCUT2D eigenvalue weighted by Crippen LogP contribution is 2.27. The summed E-state index contributed by atoms with van der Waals surface area (Å²) in [5.74, 6) is 0. The molecular weight excluding hydrogens is 331 g/mol. The van der Waals surface area contributed by atoms with Gasteiger partial charge in [-0.1, -0.05) is 24.3 Å². The van der Waals surface area contributed by atoms with Crippen LogP contribution in [0.5, 0.6) is 0 Å². The van der Waals surface area contributed by atoms with E-state index in [-0.39, 0.29) is 12.7 Å². The van der Waals surface area contributed by atoms with Gasteiger partial charge in [-0.15, -0.1) is 0 Å². The number of halogens is 1. The predicted molar refractivity (Wildman–Crippen MR) is 74.8 cm³/mol. The van der Waals surface area contributed by atoms with Crippen molar-refractivity contribution in [1.29, 1.82) is 0 Å². The summed E-state index contributed by atoms with van der Waals surface area (Å²) in [6.45, 7) is -0.137. The standard InChI is InChI=1S/C13H15IO3/c14-10-4-2-1-3-9(5-6-10)12-7-11(16)13(8-15)17-12/h1-6,11-13,15-16H,7-8H2. The number of aliphatic hydroxyl groups is 2. The minimum atomic E-state index is -0.580. The van der Waals surface area contributed by atoms with Gasteiger partial charge in [0.05, 0.1) is 18.8 Å². The molecule has 17 heavy (non-hydrogen) atoms. The Kier molecular flexibility index (Phi) is 4.55. The fourth-order valence-electron chi connectivity index (χ4n) is 1.92. The van der Waals surface area contributed by atoms with Crippen molar-refractivity contribution in [3.8, 4) is 0 Å². The first kappa shape index (κ1) is 13.0. The third-order valence-electron chi connectivity index (χ3n) is 2.87. The van der Waals surface area contributed by atoms with Gasteiger partial charge in [0, 0.05) is 10.0 Å². The molecule has 2 rings (SSSR count). The van der Waals surface area contributed by atoms with Crippen LogP contribution in [0.4, 0.5) is 0 Å². The molecule has 0 radical (unpaired) electrons. The fourth-order valence-corrected chi connectivity index (χ4v) is 2.31. The maximum absolute atomic E-state index is 9.70. The lowest BCUT2D eigenvalue weighted by Gasteiger charge is -2.13. The molecule has 4 heteroatoms. The van der Waals surface area contributed by atoms with Crippen molar-refractivity contribution in [2.24, 2.45) is 0 Å². The Bertz CT molecular complexity index is 395. The van der Waals surface area contributed by atoms with Crippen LogP contribution in [-0.2, 0) is 4.74 Å². The molecule has 0 aromatic rings. The van der Waals surface area contributed by atoms with Gasteiger partial charge in [-0.25, -0.2) is 0 Å². The van der Waals surface area contributed by atoms with Crippen LogP contribution in [0.15, 0.2) is 45.6 Å². The first-order valence-corrected chi connectivity index (χ1v) is 6.65. The average molecular weight is 346 g/mol. The van der Waals surface area contributed by atoms with Crippen molar-refractivity contribution in [3.05, 3.63) is 45.6 Å². The number of hydrogen-bond acceptors (Lipinski definition) is 3. The molecule has 3 nitrogen and oxygen atoms in total. The third-order valence-corrected chi connectivity index (χ3v) is 3.58. The summed E-state index contributed by atoms with van der Waals surface area (Å²) in [6.07, 6.45) is 11.3. The van der Waals surface area contributed by atoms with E-state index in [1.807, 2.05) is 36.5 Å². The molecule has 2 N–H and O–H groups in total. The largest absolute Gasteiger partial charge is 0.394 e. The monoisotopic (exact) mass is 346 g/mol. The first-order chi connectivity index (χ1) is 8.20. The SMILES string of the molecule is OCC1OC(C2=CC=C(I)C=CC=C2)CC1O. The molecule has 0 amide bonds. The highest BCUT2D eigenvalue weighted by atomic mass is 127. The van der Waals surface area contributed by atoms with Gasteiger partial charge in [0.2, 0.25) is 0 Å². The molecule has 0 spiro atoms. The van der Waals surface area contributed by atoms with E-state index in [2.05, 4.69) is 22.6 Å². The Labute approximate surface area is 114 Å². The van der Waals surface area contributed by atoms with Gasteiger partial charge in [-0.2, -0.15) is 0 Å². The number of hydrogen-bond donors (Lipinski definition) is 2. The summed E-state index contributed by atoms with van der Waals surface area (Å²) in [6, 6.07) is 0. The quantitative estimate of drug-likeness (QED) is 0.751. The van der Waals surface area contributed by atoms with Crippen LogP contribution >= 0.6 is 22.6 Å². The number of allylic oxidation sites excluding steroid dienone is 6.